The van der Waals surface area contributed by atoms with Gasteiger partial charge in [0.15, 0.2) is 0 Å². The average Bonchev–Trinajstić information content (AvgIpc) is 2.77. The minimum Gasteiger partial charge on any atom is -0.496 e. The summed E-state index contributed by atoms with van der Waals surface area (Å²) in [5.41, 5.74) is 1.18. The standard InChI is InChI=1S/C14H21NO2/c1-10-8-9-13(17-10)14(15-2)11-6-4-5-7-12(11)16-3/h4-7,10,13-15H,8-9H2,1-3H3. The Morgan fingerprint density at radius 3 is 2.71 bits per heavy atom. The van der Waals surface area contributed by atoms with E-state index in [-0.39, 0.29) is 12.1 Å². The molecule has 1 aromatic carbocycles. The van der Waals surface area contributed by atoms with E-state index in [1.54, 1.807) is 7.11 Å². The minimum atomic E-state index is 0.205. The molecule has 0 bridgehead atoms. The van der Waals surface area contributed by atoms with Crippen LogP contribution in [-0.2, 0) is 4.74 Å². The summed E-state index contributed by atoms with van der Waals surface area (Å²) in [5, 5.41) is 3.35. The van der Waals surface area contributed by atoms with Gasteiger partial charge in [0.1, 0.15) is 5.75 Å². The van der Waals surface area contributed by atoms with Crippen molar-refractivity contribution in [1.82, 2.24) is 5.32 Å². The minimum absolute atomic E-state index is 0.205. The van der Waals surface area contributed by atoms with E-state index < -0.39 is 0 Å². The van der Waals surface area contributed by atoms with Gasteiger partial charge < -0.3 is 14.8 Å². The number of rotatable bonds is 4. The molecule has 1 aromatic rings. The molecule has 3 nitrogen and oxygen atoms in total. The molecule has 1 N–H and O–H groups in total. The third-order valence-corrected chi connectivity index (χ3v) is 3.42. The average molecular weight is 235 g/mol. The van der Waals surface area contributed by atoms with E-state index in [1.807, 2.05) is 25.2 Å². The second-order valence-electron chi connectivity index (χ2n) is 4.57. The van der Waals surface area contributed by atoms with Crippen molar-refractivity contribution in [2.75, 3.05) is 14.2 Å². The molecule has 1 aliphatic rings. The quantitative estimate of drug-likeness (QED) is 0.870. The number of likely N-dealkylation sites (N-methyl/N-ethyl adjacent to an activating group) is 1. The first kappa shape index (κ1) is 12.4. The maximum atomic E-state index is 5.95. The maximum absolute atomic E-state index is 5.95. The van der Waals surface area contributed by atoms with Crippen LogP contribution >= 0.6 is 0 Å². The van der Waals surface area contributed by atoms with Gasteiger partial charge in [-0.25, -0.2) is 0 Å². The van der Waals surface area contributed by atoms with Crippen LogP contribution in [0.4, 0.5) is 0 Å². The van der Waals surface area contributed by atoms with Gasteiger partial charge in [0.2, 0.25) is 0 Å². The van der Waals surface area contributed by atoms with Gasteiger partial charge in [-0.3, -0.25) is 0 Å². The Labute approximate surface area is 103 Å². The van der Waals surface area contributed by atoms with Gasteiger partial charge in [-0.05, 0) is 32.9 Å². The molecule has 0 aromatic heterocycles. The van der Waals surface area contributed by atoms with E-state index in [9.17, 15) is 0 Å². The zero-order valence-electron chi connectivity index (χ0n) is 10.8. The van der Waals surface area contributed by atoms with Crippen LogP contribution in [0.25, 0.3) is 0 Å². The number of hydrogen-bond acceptors (Lipinski definition) is 3. The first-order valence-corrected chi connectivity index (χ1v) is 6.22. The third-order valence-electron chi connectivity index (χ3n) is 3.42. The molecular weight excluding hydrogens is 214 g/mol. The Morgan fingerprint density at radius 2 is 2.12 bits per heavy atom. The van der Waals surface area contributed by atoms with Crippen molar-refractivity contribution in [3.05, 3.63) is 29.8 Å². The lowest BCUT2D eigenvalue weighted by Gasteiger charge is -2.25. The van der Waals surface area contributed by atoms with Crippen LogP contribution in [0.5, 0.6) is 5.75 Å². The SMILES string of the molecule is CNC(c1ccccc1OC)C1CCC(C)O1. The number of benzene rings is 1. The molecule has 1 fully saturated rings. The number of para-hydroxylation sites is 1. The normalized spacial score (nSPS) is 25.8. The van der Waals surface area contributed by atoms with Crippen LogP contribution < -0.4 is 10.1 Å². The number of nitrogens with one attached hydrogen (secondary N) is 1. The predicted molar refractivity (Wildman–Crippen MR) is 68.4 cm³/mol. The summed E-state index contributed by atoms with van der Waals surface area (Å²) in [6.07, 6.45) is 2.85. The lowest BCUT2D eigenvalue weighted by Crippen LogP contribution is -2.29. The summed E-state index contributed by atoms with van der Waals surface area (Å²) >= 11 is 0. The van der Waals surface area contributed by atoms with E-state index >= 15 is 0 Å². The van der Waals surface area contributed by atoms with Crippen molar-refractivity contribution in [1.29, 1.82) is 0 Å². The van der Waals surface area contributed by atoms with Crippen LogP contribution in [0.3, 0.4) is 0 Å². The molecule has 0 radical (unpaired) electrons. The highest BCUT2D eigenvalue weighted by Crippen LogP contribution is 2.33. The van der Waals surface area contributed by atoms with Gasteiger partial charge in [0, 0.05) is 5.56 Å². The Morgan fingerprint density at radius 1 is 1.35 bits per heavy atom. The molecule has 1 heterocycles. The number of methoxy groups -OCH3 is 1. The Kier molecular flexibility index (Phi) is 4.02. The van der Waals surface area contributed by atoms with Crippen LogP contribution in [0.1, 0.15) is 31.4 Å². The monoisotopic (exact) mass is 235 g/mol. The smallest absolute Gasteiger partial charge is 0.123 e. The number of ether oxygens (including phenoxy) is 2. The molecule has 3 heteroatoms. The highest BCUT2D eigenvalue weighted by Gasteiger charge is 2.31. The van der Waals surface area contributed by atoms with E-state index in [4.69, 9.17) is 9.47 Å². The van der Waals surface area contributed by atoms with Gasteiger partial charge in [-0.15, -0.1) is 0 Å². The molecule has 1 saturated heterocycles. The fourth-order valence-electron chi connectivity index (χ4n) is 2.54. The molecule has 2 rings (SSSR count). The van der Waals surface area contributed by atoms with E-state index in [1.165, 1.54) is 5.56 Å². The molecule has 0 aliphatic carbocycles. The zero-order valence-corrected chi connectivity index (χ0v) is 10.8. The van der Waals surface area contributed by atoms with Gasteiger partial charge >= 0.3 is 0 Å². The molecule has 0 spiro atoms. The molecule has 0 saturated carbocycles. The summed E-state index contributed by atoms with van der Waals surface area (Å²) < 4.78 is 11.4. The third kappa shape index (κ3) is 2.61. The molecule has 0 amide bonds. The zero-order chi connectivity index (χ0) is 12.3. The predicted octanol–water partition coefficient (Wildman–Crippen LogP) is 2.52. The van der Waals surface area contributed by atoms with Crippen molar-refractivity contribution >= 4 is 0 Å². The van der Waals surface area contributed by atoms with Gasteiger partial charge in [0.05, 0.1) is 25.4 Å². The van der Waals surface area contributed by atoms with Crippen molar-refractivity contribution in [3.8, 4) is 5.75 Å². The molecule has 3 atom stereocenters. The van der Waals surface area contributed by atoms with Gasteiger partial charge in [-0.2, -0.15) is 0 Å². The first-order chi connectivity index (χ1) is 8.26. The van der Waals surface area contributed by atoms with Crippen LogP contribution in [0.2, 0.25) is 0 Å². The fourth-order valence-corrected chi connectivity index (χ4v) is 2.54. The highest BCUT2D eigenvalue weighted by atomic mass is 16.5. The molecule has 3 unspecified atom stereocenters. The van der Waals surface area contributed by atoms with E-state index in [0.717, 1.165) is 18.6 Å². The second-order valence-corrected chi connectivity index (χ2v) is 4.57. The lowest BCUT2D eigenvalue weighted by molar-refractivity contribution is 0.0328. The largest absolute Gasteiger partial charge is 0.496 e. The molecular formula is C14H21NO2. The van der Waals surface area contributed by atoms with Crippen molar-refractivity contribution in [2.45, 2.75) is 38.0 Å². The summed E-state index contributed by atoms with van der Waals surface area (Å²) in [5.74, 6) is 0.926. The van der Waals surface area contributed by atoms with E-state index in [0.29, 0.717) is 6.10 Å². The summed E-state index contributed by atoms with van der Waals surface area (Å²) in [6.45, 7) is 2.13. The fraction of sp³-hybridized carbons (Fsp3) is 0.571. The molecule has 17 heavy (non-hydrogen) atoms. The molecule has 94 valence electrons. The Bertz CT molecular complexity index is 367. The van der Waals surface area contributed by atoms with Crippen molar-refractivity contribution in [2.24, 2.45) is 0 Å². The summed E-state index contributed by atoms with van der Waals surface area (Å²) in [7, 11) is 3.69. The Hall–Kier alpha value is -1.06. The van der Waals surface area contributed by atoms with Crippen LogP contribution in [0, 0.1) is 0 Å². The Balaban J connectivity index is 2.22. The summed E-state index contributed by atoms with van der Waals surface area (Å²) in [4.78, 5) is 0. The second kappa shape index (κ2) is 5.52. The lowest BCUT2D eigenvalue weighted by atomic mass is 9.98. The van der Waals surface area contributed by atoms with Gasteiger partial charge in [0.25, 0.3) is 0 Å². The first-order valence-electron chi connectivity index (χ1n) is 6.22. The molecule has 1 aliphatic heterocycles. The van der Waals surface area contributed by atoms with E-state index in [2.05, 4.69) is 18.3 Å². The van der Waals surface area contributed by atoms with Crippen molar-refractivity contribution < 1.29 is 9.47 Å². The summed E-state index contributed by atoms with van der Waals surface area (Å²) in [6, 6.07) is 8.34. The number of hydrogen-bond donors (Lipinski definition) is 1. The van der Waals surface area contributed by atoms with Gasteiger partial charge in [-0.1, -0.05) is 18.2 Å². The van der Waals surface area contributed by atoms with Crippen LogP contribution in [-0.4, -0.2) is 26.4 Å². The topological polar surface area (TPSA) is 30.5 Å². The maximum Gasteiger partial charge on any atom is 0.123 e. The highest BCUT2D eigenvalue weighted by molar-refractivity contribution is 5.36. The van der Waals surface area contributed by atoms with Crippen LogP contribution in [0.15, 0.2) is 24.3 Å². The van der Waals surface area contributed by atoms with Crippen molar-refractivity contribution in [3.63, 3.8) is 0 Å².